The first kappa shape index (κ1) is 22.9. The third-order valence-corrected chi connectivity index (χ3v) is 7.36. The zero-order chi connectivity index (χ0) is 23.6. The van der Waals surface area contributed by atoms with Crippen LogP contribution in [-0.2, 0) is 9.59 Å². The predicted octanol–water partition coefficient (Wildman–Crippen LogP) is 4.41. The maximum atomic E-state index is 13.3. The molecule has 0 aromatic heterocycles. The molecule has 7 nitrogen and oxygen atoms in total. The van der Waals surface area contributed by atoms with Crippen LogP contribution >= 0.6 is 11.8 Å². The van der Waals surface area contributed by atoms with Crippen LogP contribution in [0, 0.1) is 11.3 Å². The van der Waals surface area contributed by atoms with Gasteiger partial charge < -0.3 is 10.2 Å². The van der Waals surface area contributed by atoms with E-state index in [4.69, 9.17) is 5.26 Å². The second-order valence-electron chi connectivity index (χ2n) is 8.51. The summed E-state index contributed by atoms with van der Waals surface area (Å²) in [5, 5.41) is 12.0. The Hall–Kier alpha value is -3.31. The van der Waals surface area contributed by atoms with Crippen molar-refractivity contribution in [3.05, 3.63) is 54.1 Å². The number of hydrogen-bond acceptors (Lipinski definition) is 5. The zero-order valence-electron chi connectivity index (χ0n) is 18.7. The van der Waals surface area contributed by atoms with Crippen LogP contribution in [0.1, 0.15) is 49.9 Å². The Morgan fingerprint density at radius 1 is 1.21 bits per heavy atom. The molecule has 8 heteroatoms. The molecule has 0 unspecified atom stereocenters. The zero-order valence-corrected chi connectivity index (χ0v) is 19.5. The lowest BCUT2D eigenvalue weighted by molar-refractivity contribution is -0.117. The molecular weight excluding hydrogens is 436 g/mol. The van der Waals surface area contributed by atoms with Crippen molar-refractivity contribution in [2.24, 2.45) is 0 Å². The van der Waals surface area contributed by atoms with Crippen LogP contribution in [0.25, 0.3) is 0 Å². The van der Waals surface area contributed by atoms with Gasteiger partial charge in [0, 0.05) is 36.0 Å². The predicted molar refractivity (Wildman–Crippen MR) is 128 cm³/mol. The number of nitrogens with zero attached hydrogens (tertiary/aromatic N) is 3. The smallest absolute Gasteiger partial charge is 0.257 e. The molecule has 4 rings (SSSR count). The second kappa shape index (κ2) is 9.28. The minimum Gasteiger partial charge on any atom is -0.325 e. The van der Waals surface area contributed by atoms with E-state index in [0.717, 1.165) is 4.90 Å². The summed E-state index contributed by atoms with van der Waals surface area (Å²) in [6.45, 7) is 4.08. The van der Waals surface area contributed by atoms with Crippen LogP contribution in [0.2, 0.25) is 0 Å². The number of nitriles is 1. The first-order chi connectivity index (χ1) is 15.8. The Morgan fingerprint density at radius 3 is 2.73 bits per heavy atom. The number of rotatable bonds is 7. The molecule has 0 radical (unpaired) electrons. The fourth-order valence-corrected chi connectivity index (χ4v) is 5.52. The highest BCUT2D eigenvalue weighted by Crippen LogP contribution is 2.44. The van der Waals surface area contributed by atoms with Crippen molar-refractivity contribution in [1.29, 1.82) is 5.26 Å². The normalized spacial score (nSPS) is 20.2. The number of thioether (sulfide) groups is 1. The van der Waals surface area contributed by atoms with E-state index >= 15 is 0 Å². The molecule has 0 spiro atoms. The van der Waals surface area contributed by atoms with E-state index in [1.807, 2.05) is 44.2 Å². The van der Waals surface area contributed by atoms with Gasteiger partial charge >= 0.3 is 0 Å². The number of carbonyl (C=O) groups is 3. The van der Waals surface area contributed by atoms with E-state index in [1.165, 1.54) is 0 Å². The van der Waals surface area contributed by atoms with Gasteiger partial charge in [-0.25, -0.2) is 0 Å². The molecule has 1 fully saturated rings. The van der Waals surface area contributed by atoms with E-state index in [1.54, 1.807) is 39.8 Å². The lowest BCUT2D eigenvalue weighted by Crippen LogP contribution is -2.62. The Balaban J connectivity index is 1.49. The molecule has 2 heterocycles. The fraction of sp³-hybridized carbons (Fsp3) is 0.360. The quantitative estimate of drug-likeness (QED) is 0.615. The molecule has 0 saturated carbocycles. The lowest BCUT2D eigenvalue weighted by atomic mass is 9.98. The van der Waals surface area contributed by atoms with Gasteiger partial charge in [-0.15, -0.1) is 11.8 Å². The van der Waals surface area contributed by atoms with Crippen LogP contribution in [0.3, 0.4) is 0 Å². The van der Waals surface area contributed by atoms with E-state index in [0.29, 0.717) is 36.2 Å². The fourth-order valence-electron chi connectivity index (χ4n) is 4.53. The first-order valence-electron chi connectivity index (χ1n) is 11.0. The van der Waals surface area contributed by atoms with Crippen LogP contribution < -0.4 is 10.2 Å². The van der Waals surface area contributed by atoms with Gasteiger partial charge in [0.2, 0.25) is 11.8 Å². The molecular formula is C25H26N4O3S. The van der Waals surface area contributed by atoms with Gasteiger partial charge in [-0.05, 0) is 37.6 Å². The van der Waals surface area contributed by atoms with Gasteiger partial charge in [0.15, 0.2) is 0 Å². The molecule has 0 bridgehead atoms. The Bertz CT molecular complexity index is 1140. The Labute approximate surface area is 197 Å². The molecule has 0 aliphatic carbocycles. The molecule has 2 aromatic carbocycles. The number of anilines is 2. The minimum absolute atomic E-state index is 0.00987. The molecule has 1 saturated heterocycles. The molecule has 2 aliphatic rings. The monoisotopic (exact) mass is 462 g/mol. The van der Waals surface area contributed by atoms with Crippen molar-refractivity contribution in [3.63, 3.8) is 0 Å². The van der Waals surface area contributed by atoms with Crippen molar-refractivity contribution in [2.45, 2.75) is 55.3 Å². The highest BCUT2D eigenvalue weighted by atomic mass is 32.2. The summed E-state index contributed by atoms with van der Waals surface area (Å²) in [7, 11) is 0. The van der Waals surface area contributed by atoms with Crippen LogP contribution in [0.5, 0.6) is 0 Å². The van der Waals surface area contributed by atoms with Crippen LogP contribution in [-0.4, -0.2) is 40.1 Å². The van der Waals surface area contributed by atoms with Gasteiger partial charge in [-0.3, -0.25) is 19.3 Å². The highest BCUT2D eigenvalue weighted by Gasteiger charge is 2.52. The summed E-state index contributed by atoms with van der Waals surface area (Å²) in [5.41, 5.74) is 1.05. The third kappa shape index (κ3) is 4.33. The summed E-state index contributed by atoms with van der Waals surface area (Å²) in [5.74, 6) is -0.375. The lowest BCUT2D eigenvalue weighted by Gasteiger charge is -2.48. The largest absolute Gasteiger partial charge is 0.325 e. The van der Waals surface area contributed by atoms with E-state index < -0.39 is 5.66 Å². The van der Waals surface area contributed by atoms with Crippen molar-refractivity contribution in [1.82, 2.24) is 4.90 Å². The second-order valence-corrected chi connectivity index (χ2v) is 9.99. The maximum Gasteiger partial charge on any atom is 0.257 e. The number of hydrogen-bond donors (Lipinski definition) is 1. The molecule has 2 aromatic rings. The standard InChI is InChI=1S/C25H26N4O3S/c1-17(12-15-26)33-21-10-6-4-8-19(21)27-22(30)13-16-28-24(32)18-7-3-5-9-20(18)29-23(31)11-14-25(28,29)2/h3-10,17H,11-14,16H2,1-2H3,(H,27,30)/t17-,25+/m1/s1. The molecule has 2 aliphatic heterocycles. The molecule has 1 N–H and O–H groups in total. The number of para-hydroxylation sites is 2. The molecule has 2 atom stereocenters. The van der Waals surface area contributed by atoms with Gasteiger partial charge in [0.1, 0.15) is 5.66 Å². The number of amides is 3. The SMILES string of the molecule is C[C@H](CC#N)Sc1ccccc1NC(=O)CCN1C(=O)c2ccccc2N2C(=O)CC[C@@]12C. The highest BCUT2D eigenvalue weighted by molar-refractivity contribution is 8.00. The average molecular weight is 463 g/mol. The van der Waals surface area contributed by atoms with Crippen molar-refractivity contribution in [3.8, 4) is 6.07 Å². The summed E-state index contributed by atoms with van der Waals surface area (Å²) >= 11 is 1.54. The van der Waals surface area contributed by atoms with E-state index in [-0.39, 0.29) is 35.9 Å². The third-order valence-electron chi connectivity index (χ3n) is 6.18. The summed E-state index contributed by atoms with van der Waals surface area (Å²) < 4.78 is 0. The van der Waals surface area contributed by atoms with Gasteiger partial charge in [0.05, 0.1) is 23.0 Å². The van der Waals surface area contributed by atoms with Crippen LogP contribution in [0.4, 0.5) is 11.4 Å². The minimum atomic E-state index is -0.775. The van der Waals surface area contributed by atoms with Crippen molar-refractivity contribution in [2.75, 3.05) is 16.8 Å². The van der Waals surface area contributed by atoms with Crippen molar-refractivity contribution < 1.29 is 14.4 Å². The first-order valence-corrected chi connectivity index (χ1v) is 11.9. The molecule has 170 valence electrons. The summed E-state index contributed by atoms with van der Waals surface area (Å²) in [6.07, 6.45) is 1.42. The Kier molecular flexibility index (Phi) is 6.43. The van der Waals surface area contributed by atoms with Crippen LogP contribution in [0.15, 0.2) is 53.4 Å². The topological polar surface area (TPSA) is 93.5 Å². The van der Waals surface area contributed by atoms with Crippen molar-refractivity contribution >= 4 is 40.9 Å². The summed E-state index contributed by atoms with van der Waals surface area (Å²) in [6, 6.07) is 16.8. The van der Waals surface area contributed by atoms with E-state index in [9.17, 15) is 14.4 Å². The van der Waals surface area contributed by atoms with Gasteiger partial charge in [-0.1, -0.05) is 31.2 Å². The number of carbonyl (C=O) groups excluding carboxylic acids is 3. The molecule has 3 amide bonds. The summed E-state index contributed by atoms with van der Waals surface area (Å²) in [4.78, 5) is 43.1. The molecule has 33 heavy (non-hydrogen) atoms. The number of benzene rings is 2. The maximum absolute atomic E-state index is 13.3. The van der Waals surface area contributed by atoms with Gasteiger partial charge in [0.25, 0.3) is 5.91 Å². The van der Waals surface area contributed by atoms with E-state index in [2.05, 4.69) is 11.4 Å². The number of nitrogens with one attached hydrogen (secondary N) is 1. The van der Waals surface area contributed by atoms with Gasteiger partial charge in [-0.2, -0.15) is 5.26 Å². The Morgan fingerprint density at radius 2 is 1.94 bits per heavy atom. The number of fused-ring (bicyclic) bond motifs is 3. The average Bonchev–Trinajstić information content (AvgIpc) is 3.10.